The van der Waals surface area contributed by atoms with Gasteiger partial charge in [-0.25, -0.2) is 4.98 Å². The van der Waals surface area contributed by atoms with E-state index in [4.69, 9.17) is 9.72 Å². The van der Waals surface area contributed by atoms with Gasteiger partial charge in [0.25, 0.3) is 5.91 Å². The van der Waals surface area contributed by atoms with Crippen LogP contribution in [0.4, 0.5) is 23.1 Å². The predicted octanol–water partition coefficient (Wildman–Crippen LogP) is 3.97. The summed E-state index contributed by atoms with van der Waals surface area (Å²) in [5.74, 6) is 1.72. The summed E-state index contributed by atoms with van der Waals surface area (Å²) < 4.78 is 5.56. The van der Waals surface area contributed by atoms with Gasteiger partial charge in [0.1, 0.15) is 11.4 Å². The zero-order valence-electron chi connectivity index (χ0n) is 23.5. The van der Waals surface area contributed by atoms with Crippen molar-refractivity contribution < 1.29 is 19.4 Å². The number of carbonyl (C=O) groups is 2. The summed E-state index contributed by atoms with van der Waals surface area (Å²) in [6.45, 7) is 9.25. The second kappa shape index (κ2) is 12.9. The van der Waals surface area contributed by atoms with Crippen molar-refractivity contribution in [2.45, 2.75) is 59.4 Å². The number of hydrogen-bond donors (Lipinski definition) is 3. The highest BCUT2D eigenvalue weighted by molar-refractivity contribution is 5.95. The highest BCUT2D eigenvalue weighted by Crippen LogP contribution is 2.35. The minimum absolute atomic E-state index is 0.0295. The van der Waals surface area contributed by atoms with Crippen molar-refractivity contribution >= 4 is 35.5 Å². The van der Waals surface area contributed by atoms with E-state index in [2.05, 4.69) is 34.4 Å². The fourth-order valence-electron chi connectivity index (χ4n) is 4.50. The van der Waals surface area contributed by atoms with Gasteiger partial charge in [-0.1, -0.05) is 40.5 Å². The van der Waals surface area contributed by atoms with Crippen molar-refractivity contribution in [2.24, 2.45) is 11.3 Å². The molecule has 1 aliphatic carbocycles. The smallest absolute Gasteiger partial charge is 0.251 e. The number of nitrogens with zero attached hydrogens (tertiary/aromatic N) is 4. The molecule has 0 bridgehead atoms. The second-order valence-electron chi connectivity index (χ2n) is 11.1. The maximum absolute atomic E-state index is 12.7. The van der Waals surface area contributed by atoms with Crippen molar-refractivity contribution in [1.29, 1.82) is 0 Å². The zero-order valence-corrected chi connectivity index (χ0v) is 23.5. The molecule has 0 atom stereocenters. The number of nitrogens with one attached hydrogen (secondary N) is 2. The van der Waals surface area contributed by atoms with E-state index in [1.165, 1.54) is 24.9 Å². The molecule has 1 heterocycles. The Bertz CT molecular complexity index is 1100. The topological polar surface area (TPSA) is 120 Å². The monoisotopic (exact) mass is 526 g/mol. The molecule has 10 heteroatoms. The molecule has 38 heavy (non-hydrogen) atoms. The first-order valence-electron chi connectivity index (χ1n) is 13.2. The van der Waals surface area contributed by atoms with E-state index in [9.17, 15) is 14.7 Å². The number of carbonyl (C=O) groups excluding carboxylic acids is 2. The minimum Gasteiger partial charge on any atom is -0.495 e. The second-order valence-corrected chi connectivity index (χ2v) is 11.1. The van der Waals surface area contributed by atoms with E-state index >= 15 is 0 Å². The van der Waals surface area contributed by atoms with Crippen molar-refractivity contribution in [1.82, 2.24) is 15.3 Å². The lowest BCUT2D eigenvalue weighted by Crippen LogP contribution is -2.38. The Balaban J connectivity index is 1.90. The summed E-state index contributed by atoms with van der Waals surface area (Å²) in [5.41, 5.74) is 1.29. The van der Waals surface area contributed by atoms with E-state index in [1.54, 1.807) is 31.4 Å². The van der Waals surface area contributed by atoms with E-state index < -0.39 is 5.41 Å². The number of amides is 2. The Morgan fingerprint density at radius 2 is 2.00 bits per heavy atom. The molecule has 0 saturated heterocycles. The molecule has 1 aromatic carbocycles. The number of rotatable bonds is 13. The first-order chi connectivity index (χ1) is 18.1. The first kappa shape index (κ1) is 29.2. The summed E-state index contributed by atoms with van der Waals surface area (Å²) in [6.07, 6.45) is 6.99. The quantitative estimate of drug-likeness (QED) is 0.335. The van der Waals surface area contributed by atoms with Crippen LogP contribution in [0, 0.1) is 11.3 Å². The molecule has 0 spiro atoms. The molecule has 1 aromatic heterocycles. The van der Waals surface area contributed by atoms with Gasteiger partial charge >= 0.3 is 0 Å². The van der Waals surface area contributed by atoms with Crippen LogP contribution in [0.2, 0.25) is 0 Å². The summed E-state index contributed by atoms with van der Waals surface area (Å²) >= 11 is 0. The van der Waals surface area contributed by atoms with Crippen molar-refractivity contribution in [3.63, 3.8) is 0 Å². The van der Waals surface area contributed by atoms with E-state index in [-0.39, 0.29) is 12.5 Å². The molecule has 3 N–H and O–H groups in total. The van der Waals surface area contributed by atoms with Crippen molar-refractivity contribution in [2.75, 3.05) is 49.0 Å². The Morgan fingerprint density at radius 1 is 1.29 bits per heavy atom. The molecule has 0 aliphatic heterocycles. The SMILES string of the molecule is COc1cc(C(=O)NCC(C)(C)CO)ccc1Nc1ncc(N(C)C=O)c(N(CC(C)C)C2CCCC2)n1. The Hall–Kier alpha value is -3.40. The van der Waals surface area contributed by atoms with Gasteiger partial charge in [-0.15, -0.1) is 0 Å². The van der Waals surface area contributed by atoms with Crippen molar-refractivity contribution in [3.05, 3.63) is 30.0 Å². The third-order valence-electron chi connectivity index (χ3n) is 6.75. The molecule has 1 fully saturated rings. The van der Waals surface area contributed by atoms with Crippen LogP contribution in [0.1, 0.15) is 63.7 Å². The fraction of sp³-hybridized carbons (Fsp3) is 0.571. The maximum atomic E-state index is 12.7. The van der Waals surface area contributed by atoms with Gasteiger partial charge in [0, 0.05) is 43.8 Å². The lowest BCUT2D eigenvalue weighted by Gasteiger charge is -2.34. The van der Waals surface area contributed by atoms with Gasteiger partial charge in [0.15, 0.2) is 5.82 Å². The van der Waals surface area contributed by atoms with Gasteiger partial charge < -0.3 is 30.3 Å². The number of hydrogen-bond acceptors (Lipinski definition) is 8. The summed E-state index contributed by atoms with van der Waals surface area (Å²) in [7, 11) is 3.24. The number of benzene rings is 1. The van der Waals surface area contributed by atoms with Gasteiger partial charge in [0.05, 0.1) is 19.0 Å². The molecule has 0 radical (unpaired) electrons. The third kappa shape index (κ3) is 7.34. The molecule has 2 amide bonds. The highest BCUT2D eigenvalue weighted by atomic mass is 16.5. The van der Waals surface area contributed by atoms with Crippen LogP contribution in [0.3, 0.4) is 0 Å². The van der Waals surface area contributed by atoms with Crippen LogP contribution in [-0.4, -0.2) is 67.3 Å². The molecule has 1 aliphatic rings. The average molecular weight is 527 g/mol. The van der Waals surface area contributed by atoms with Gasteiger partial charge in [-0.3, -0.25) is 9.59 Å². The van der Waals surface area contributed by atoms with Crippen LogP contribution in [0.15, 0.2) is 24.4 Å². The zero-order chi connectivity index (χ0) is 27.9. The average Bonchev–Trinajstić information content (AvgIpc) is 3.45. The molecule has 0 unspecified atom stereocenters. The van der Waals surface area contributed by atoms with Crippen molar-refractivity contribution in [3.8, 4) is 5.75 Å². The van der Waals surface area contributed by atoms with Crippen LogP contribution >= 0.6 is 0 Å². The number of anilines is 4. The van der Waals surface area contributed by atoms with Gasteiger partial charge in [-0.05, 0) is 37.0 Å². The van der Waals surface area contributed by atoms with Gasteiger partial charge in [0.2, 0.25) is 12.4 Å². The summed E-state index contributed by atoms with van der Waals surface area (Å²) in [4.78, 5) is 37.5. The largest absolute Gasteiger partial charge is 0.495 e. The molecular weight excluding hydrogens is 484 g/mol. The Kier molecular flexibility index (Phi) is 9.90. The number of ether oxygens (including phenoxy) is 1. The molecule has 208 valence electrons. The standard InChI is InChI=1S/C28H42N6O4/c1-19(2)15-34(21-9-7-8-10-21)25-23(33(5)18-36)14-29-27(32-25)31-22-12-11-20(13-24(22)38-6)26(37)30-16-28(3,4)17-35/h11-14,18-19,21,35H,7-10,15-17H2,1-6H3,(H,30,37)(H,29,31,32). The molecule has 1 saturated carbocycles. The lowest BCUT2D eigenvalue weighted by molar-refractivity contribution is -0.107. The molecule has 3 rings (SSSR count). The van der Waals surface area contributed by atoms with Crippen LogP contribution in [0.25, 0.3) is 0 Å². The third-order valence-corrected chi connectivity index (χ3v) is 6.75. The molecule has 2 aromatic rings. The van der Waals surface area contributed by atoms with E-state index in [0.29, 0.717) is 47.1 Å². The molecule has 10 nitrogen and oxygen atoms in total. The van der Waals surface area contributed by atoms with E-state index in [1.807, 2.05) is 13.8 Å². The highest BCUT2D eigenvalue weighted by Gasteiger charge is 2.28. The first-order valence-corrected chi connectivity index (χ1v) is 13.2. The van der Waals surface area contributed by atoms with Gasteiger partial charge in [-0.2, -0.15) is 4.98 Å². The lowest BCUT2D eigenvalue weighted by atomic mass is 9.95. The number of aromatic nitrogens is 2. The van der Waals surface area contributed by atoms with E-state index in [0.717, 1.165) is 31.6 Å². The Morgan fingerprint density at radius 3 is 2.61 bits per heavy atom. The normalized spacial score (nSPS) is 13.9. The number of methoxy groups -OCH3 is 1. The maximum Gasteiger partial charge on any atom is 0.251 e. The molecular formula is C28H42N6O4. The summed E-state index contributed by atoms with van der Waals surface area (Å²) in [5, 5.41) is 15.5. The number of aliphatic hydroxyl groups excluding tert-OH is 1. The number of aliphatic hydroxyl groups is 1. The van der Waals surface area contributed by atoms with Crippen LogP contribution in [-0.2, 0) is 4.79 Å². The summed E-state index contributed by atoms with van der Waals surface area (Å²) in [6, 6.07) is 5.47. The minimum atomic E-state index is -0.414. The fourth-order valence-corrected chi connectivity index (χ4v) is 4.50. The van der Waals surface area contributed by atoms with Crippen LogP contribution < -0.4 is 25.2 Å². The predicted molar refractivity (Wildman–Crippen MR) is 150 cm³/mol. The van der Waals surface area contributed by atoms with Crippen LogP contribution in [0.5, 0.6) is 5.75 Å². The Labute approximate surface area is 225 Å².